The summed E-state index contributed by atoms with van der Waals surface area (Å²) < 4.78 is 0. The van der Waals surface area contributed by atoms with E-state index >= 15 is 0 Å². The second kappa shape index (κ2) is 5.98. The third-order valence-electron chi connectivity index (χ3n) is 4.62. The molecule has 1 aromatic carbocycles. The van der Waals surface area contributed by atoms with Gasteiger partial charge in [0.25, 0.3) is 0 Å². The molecule has 0 bridgehead atoms. The smallest absolute Gasteiger partial charge is 0.0797 e. The highest BCUT2D eigenvalue weighted by Gasteiger charge is 2.35. The molecule has 0 fully saturated rings. The Morgan fingerprint density at radius 3 is 2.95 bits per heavy atom. The van der Waals surface area contributed by atoms with Gasteiger partial charge in [-0.15, -0.1) is 11.3 Å². The third-order valence-corrected chi connectivity index (χ3v) is 6.69. The predicted octanol–water partition coefficient (Wildman–Crippen LogP) is 5.05. The van der Waals surface area contributed by atoms with E-state index in [2.05, 4.69) is 52.1 Å². The van der Waals surface area contributed by atoms with Crippen molar-refractivity contribution in [3.05, 3.63) is 51.5 Å². The molecular weight excluding hydrogens is 330 g/mol. The Hall–Kier alpha value is -0.670. The van der Waals surface area contributed by atoms with Gasteiger partial charge in [0.1, 0.15) is 0 Å². The Kier molecular flexibility index (Phi) is 4.27. The van der Waals surface area contributed by atoms with Gasteiger partial charge in [-0.2, -0.15) is 0 Å². The number of rotatable bonds is 4. The fraction of sp³-hybridized carbons (Fsp3) is 0.471. The number of nitrogens with zero attached hydrogens (tertiary/aromatic N) is 1. The van der Waals surface area contributed by atoms with E-state index in [-0.39, 0.29) is 0 Å². The maximum Gasteiger partial charge on any atom is 0.0797 e. The lowest BCUT2D eigenvalue weighted by Crippen LogP contribution is -2.33. The summed E-state index contributed by atoms with van der Waals surface area (Å²) in [6.45, 7) is 2.13. The lowest BCUT2D eigenvalue weighted by Gasteiger charge is -2.38. The fourth-order valence-electron chi connectivity index (χ4n) is 3.39. The molecule has 1 aliphatic rings. The topological polar surface area (TPSA) is 12.9 Å². The molecule has 1 aromatic heterocycles. The van der Waals surface area contributed by atoms with Gasteiger partial charge in [-0.3, -0.25) is 0 Å². The van der Waals surface area contributed by atoms with E-state index in [1.54, 1.807) is 22.5 Å². The second-order valence-corrected chi connectivity index (χ2v) is 7.29. The molecule has 1 nitrogen and oxygen atoms in total. The molecule has 1 atom stereocenters. The highest BCUT2D eigenvalue weighted by atomic mass is 79.9. The summed E-state index contributed by atoms with van der Waals surface area (Å²) in [4.78, 5) is 5.83. The molecule has 0 amide bonds. The predicted molar refractivity (Wildman–Crippen MR) is 90.0 cm³/mol. The number of fused-ring (bicyclic) bond motifs is 1. The van der Waals surface area contributed by atoms with Gasteiger partial charge in [-0.1, -0.05) is 40.2 Å². The number of hydrogen-bond donors (Lipinski definition) is 0. The molecule has 0 saturated heterocycles. The van der Waals surface area contributed by atoms with Gasteiger partial charge in [0.15, 0.2) is 0 Å². The molecule has 3 rings (SSSR count). The summed E-state index contributed by atoms with van der Waals surface area (Å²) in [5.41, 5.74) is 6.62. The van der Waals surface area contributed by atoms with Crippen LogP contribution in [0.15, 0.2) is 29.8 Å². The standard InChI is InChI=1S/C17H20BrNS/c1-13-16(20-12-19-13)8-10-17(11-18)9-4-6-14-5-2-3-7-15(14)17/h2-3,5,7,12H,4,6,8-11H2,1H3. The van der Waals surface area contributed by atoms with Crippen molar-refractivity contribution in [2.24, 2.45) is 0 Å². The summed E-state index contributed by atoms with van der Waals surface area (Å²) in [6, 6.07) is 9.02. The van der Waals surface area contributed by atoms with E-state index in [0.717, 1.165) is 11.8 Å². The van der Waals surface area contributed by atoms with Gasteiger partial charge in [0, 0.05) is 15.6 Å². The van der Waals surface area contributed by atoms with E-state index < -0.39 is 0 Å². The first kappa shape index (κ1) is 14.3. The molecule has 1 unspecified atom stereocenters. The minimum absolute atomic E-state index is 0.311. The monoisotopic (exact) mass is 349 g/mol. The molecule has 0 aliphatic heterocycles. The van der Waals surface area contributed by atoms with E-state index in [4.69, 9.17) is 0 Å². The van der Waals surface area contributed by atoms with Gasteiger partial charge in [0.2, 0.25) is 0 Å². The average molecular weight is 350 g/mol. The van der Waals surface area contributed by atoms with Crippen molar-refractivity contribution in [1.29, 1.82) is 0 Å². The Morgan fingerprint density at radius 2 is 2.20 bits per heavy atom. The van der Waals surface area contributed by atoms with Gasteiger partial charge in [-0.25, -0.2) is 4.98 Å². The fourth-order valence-corrected chi connectivity index (χ4v) is 5.04. The van der Waals surface area contributed by atoms with Crippen LogP contribution in [0.25, 0.3) is 0 Å². The Bertz CT molecular complexity index is 592. The first-order valence-corrected chi connectivity index (χ1v) is 9.29. The van der Waals surface area contributed by atoms with Crippen LogP contribution >= 0.6 is 27.3 Å². The zero-order chi connectivity index (χ0) is 14.0. The molecule has 0 radical (unpaired) electrons. The van der Waals surface area contributed by atoms with Crippen LogP contribution in [0.4, 0.5) is 0 Å². The number of benzene rings is 1. The van der Waals surface area contributed by atoms with Crippen LogP contribution < -0.4 is 0 Å². The van der Waals surface area contributed by atoms with Gasteiger partial charge in [0.05, 0.1) is 11.2 Å². The quantitative estimate of drug-likeness (QED) is 0.703. The van der Waals surface area contributed by atoms with Crippen LogP contribution in [0.5, 0.6) is 0 Å². The number of thiazole rings is 1. The third kappa shape index (κ3) is 2.58. The van der Waals surface area contributed by atoms with Crippen molar-refractivity contribution in [2.45, 2.75) is 44.4 Å². The van der Waals surface area contributed by atoms with E-state index in [1.165, 1.54) is 36.3 Å². The van der Waals surface area contributed by atoms with Crippen LogP contribution in [0.1, 0.15) is 41.0 Å². The first-order chi connectivity index (χ1) is 9.75. The maximum absolute atomic E-state index is 4.38. The molecule has 106 valence electrons. The van der Waals surface area contributed by atoms with Crippen molar-refractivity contribution in [3.63, 3.8) is 0 Å². The Balaban J connectivity index is 1.87. The minimum Gasteiger partial charge on any atom is -0.250 e. The highest BCUT2D eigenvalue weighted by molar-refractivity contribution is 9.09. The molecule has 2 aromatic rings. The van der Waals surface area contributed by atoms with Crippen LogP contribution in [-0.2, 0) is 18.3 Å². The van der Waals surface area contributed by atoms with E-state index in [1.807, 2.05) is 5.51 Å². The summed E-state index contributed by atoms with van der Waals surface area (Å²) >= 11 is 5.61. The van der Waals surface area contributed by atoms with Crippen LogP contribution in [0, 0.1) is 6.92 Å². The lowest BCUT2D eigenvalue weighted by atomic mass is 9.69. The summed E-state index contributed by atoms with van der Waals surface area (Å²) in [7, 11) is 0. The Morgan fingerprint density at radius 1 is 1.35 bits per heavy atom. The zero-order valence-electron chi connectivity index (χ0n) is 11.9. The molecule has 1 heterocycles. The van der Waals surface area contributed by atoms with Crippen molar-refractivity contribution in [3.8, 4) is 0 Å². The van der Waals surface area contributed by atoms with Gasteiger partial charge >= 0.3 is 0 Å². The molecule has 0 spiro atoms. The molecule has 3 heteroatoms. The molecular formula is C17H20BrNS. The van der Waals surface area contributed by atoms with Gasteiger partial charge < -0.3 is 0 Å². The van der Waals surface area contributed by atoms with Crippen LogP contribution in [0.3, 0.4) is 0 Å². The summed E-state index contributed by atoms with van der Waals surface area (Å²) in [5.74, 6) is 0. The van der Waals surface area contributed by atoms with Crippen LogP contribution in [-0.4, -0.2) is 10.3 Å². The SMILES string of the molecule is Cc1ncsc1CCC1(CBr)CCCc2ccccc21. The van der Waals surface area contributed by atoms with Gasteiger partial charge in [-0.05, 0) is 50.2 Å². The zero-order valence-corrected chi connectivity index (χ0v) is 14.3. The highest BCUT2D eigenvalue weighted by Crippen LogP contribution is 2.42. The van der Waals surface area contributed by atoms with Crippen molar-refractivity contribution in [2.75, 3.05) is 5.33 Å². The maximum atomic E-state index is 4.38. The van der Waals surface area contributed by atoms with Crippen LogP contribution in [0.2, 0.25) is 0 Å². The molecule has 20 heavy (non-hydrogen) atoms. The summed E-state index contributed by atoms with van der Waals surface area (Å²) in [5, 5.41) is 1.06. The van der Waals surface area contributed by atoms with E-state index in [9.17, 15) is 0 Å². The molecule has 1 aliphatic carbocycles. The van der Waals surface area contributed by atoms with Crippen molar-refractivity contribution in [1.82, 2.24) is 4.98 Å². The van der Waals surface area contributed by atoms with Crippen molar-refractivity contribution < 1.29 is 0 Å². The number of alkyl halides is 1. The second-order valence-electron chi connectivity index (χ2n) is 5.79. The molecule has 0 saturated carbocycles. The van der Waals surface area contributed by atoms with Crippen molar-refractivity contribution >= 4 is 27.3 Å². The normalized spacial score (nSPS) is 21.7. The Labute approximate surface area is 133 Å². The number of hydrogen-bond acceptors (Lipinski definition) is 2. The number of aromatic nitrogens is 1. The minimum atomic E-state index is 0.311. The number of aryl methyl sites for hydroxylation is 3. The number of halogens is 1. The summed E-state index contributed by atoms with van der Waals surface area (Å²) in [6.07, 6.45) is 6.22. The molecule has 0 N–H and O–H groups in total. The average Bonchev–Trinajstić information content (AvgIpc) is 2.90. The first-order valence-electron chi connectivity index (χ1n) is 7.28. The lowest BCUT2D eigenvalue weighted by molar-refractivity contribution is 0.377. The largest absolute Gasteiger partial charge is 0.250 e. The van der Waals surface area contributed by atoms with E-state index in [0.29, 0.717) is 5.41 Å².